The van der Waals surface area contributed by atoms with Gasteiger partial charge in [0.1, 0.15) is 0 Å². The van der Waals surface area contributed by atoms with E-state index in [0.29, 0.717) is 17.6 Å². The summed E-state index contributed by atoms with van der Waals surface area (Å²) in [5.41, 5.74) is 0.940. The molecule has 0 fully saturated rings. The van der Waals surface area contributed by atoms with Crippen molar-refractivity contribution in [3.05, 3.63) is 28.2 Å². The Kier molecular flexibility index (Phi) is 5.55. The monoisotopic (exact) mass is 348 g/mol. The molecule has 0 amide bonds. The minimum atomic E-state index is -3.47. The molecule has 6 heteroatoms. The number of hydrogen-bond acceptors (Lipinski definition) is 3. The molecule has 2 N–H and O–H groups in total. The van der Waals surface area contributed by atoms with Crippen molar-refractivity contribution in [2.45, 2.75) is 32.2 Å². The Hall–Kier alpha value is -0.430. The van der Waals surface area contributed by atoms with Gasteiger partial charge in [-0.2, -0.15) is 0 Å². The molecule has 0 saturated heterocycles. The van der Waals surface area contributed by atoms with Crippen LogP contribution in [-0.2, 0) is 16.6 Å². The van der Waals surface area contributed by atoms with Crippen LogP contribution in [0.25, 0.3) is 0 Å². The van der Waals surface area contributed by atoms with E-state index in [4.69, 9.17) is 0 Å². The highest BCUT2D eigenvalue weighted by molar-refractivity contribution is 9.10. The van der Waals surface area contributed by atoms with Gasteiger partial charge in [0.2, 0.25) is 10.0 Å². The average molecular weight is 349 g/mol. The van der Waals surface area contributed by atoms with E-state index >= 15 is 0 Å². The molecule has 1 rings (SSSR count). The lowest BCUT2D eigenvalue weighted by atomic mass is 9.98. The SMILES string of the molecule is CNCc1ccc(S(=O)(=O)NCC(C)(C)C)c(Br)c1. The average Bonchev–Trinajstić information content (AvgIpc) is 2.26. The van der Waals surface area contributed by atoms with Gasteiger partial charge < -0.3 is 5.32 Å². The zero-order chi connectivity index (χ0) is 14.7. The summed E-state index contributed by atoms with van der Waals surface area (Å²) in [6.45, 7) is 7.07. The Morgan fingerprint density at radius 2 is 1.89 bits per heavy atom. The highest BCUT2D eigenvalue weighted by atomic mass is 79.9. The van der Waals surface area contributed by atoms with E-state index in [-0.39, 0.29) is 10.3 Å². The van der Waals surface area contributed by atoms with Crippen molar-refractivity contribution >= 4 is 26.0 Å². The second-order valence-electron chi connectivity index (χ2n) is 5.68. The first-order valence-corrected chi connectivity index (χ1v) is 8.36. The topological polar surface area (TPSA) is 58.2 Å². The van der Waals surface area contributed by atoms with Gasteiger partial charge in [0, 0.05) is 17.6 Å². The second-order valence-corrected chi connectivity index (χ2v) is 8.27. The maximum atomic E-state index is 12.2. The molecule has 4 nitrogen and oxygen atoms in total. The summed E-state index contributed by atoms with van der Waals surface area (Å²) in [7, 11) is -1.62. The van der Waals surface area contributed by atoms with Crippen LogP contribution in [0.1, 0.15) is 26.3 Å². The van der Waals surface area contributed by atoms with E-state index < -0.39 is 10.0 Å². The molecule has 0 spiro atoms. The first kappa shape index (κ1) is 16.6. The third kappa shape index (κ3) is 5.22. The number of hydrogen-bond donors (Lipinski definition) is 2. The third-order valence-corrected chi connectivity index (χ3v) is 4.84. The number of sulfonamides is 1. The van der Waals surface area contributed by atoms with E-state index in [1.807, 2.05) is 40.0 Å². The maximum Gasteiger partial charge on any atom is 0.241 e. The van der Waals surface area contributed by atoms with Crippen molar-refractivity contribution in [3.8, 4) is 0 Å². The highest BCUT2D eigenvalue weighted by Gasteiger charge is 2.20. The number of halogens is 1. The molecule has 0 heterocycles. The van der Waals surface area contributed by atoms with Crippen LogP contribution >= 0.6 is 15.9 Å². The fourth-order valence-electron chi connectivity index (χ4n) is 1.47. The Labute approximate surface area is 124 Å². The van der Waals surface area contributed by atoms with Gasteiger partial charge in [0.05, 0.1) is 4.90 Å². The fourth-order valence-corrected chi connectivity index (χ4v) is 3.87. The summed E-state index contributed by atoms with van der Waals surface area (Å²) in [6.07, 6.45) is 0. The number of benzene rings is 1. The van der Waals surface area contributed by atoms with Gasteiger partial charge in [-0.05, 0) is 46.1 Å². The van der Waals surface area contributed by atoms with E-state index in [2.05, 4.69) is 26.0 Å². The van der Waals surface area contributed by atoms with E-state index in [1.54, 1.807) is 6.07 Å². The molecule has 0 aliphatic rings. The lowest BCUT2D eigenvalue weighted by molar-refractivity contribution is 0.407. The summed E-state index contributed by atoms with van der Waals surface area (Å²) in [6, 6.07) is 5.26. The molecule has 1 aromatic rings. The Morgan fingerprint density at radius 3 is 2.37 bits per heavy atom. The van der Waals surface area contributed by atoms with Gasteiger partial charge in [0.25, 0.3) is 0 Å². The minimum Gasteiger partial charge on any atom is -0.316 e. The van der Waals surface area contributed by atoms with Crippen molar-refractivity contribution in [1.82, 2.24) is 10.0 Å². The molecule has 0 atom stereocenters. The van der Waals surface area contributed by atoms with E-state index in [1.165, 1.54) is 0 Å². The first-order valence-electron chi connectivity index (χ1n) is 6.08. The molecule has 0 radical (unpaired) electrons. The molecule has 0 bridgehead atoms. The molecule has 0 saturated carbocycles. The summed E-state index contributed by atoms with van der Waals surface area (Å²) < 4.78 is 27.6. The van der Waals surface area contributed by atoms with Crippen molar-refractivity contribution < 1.29 is 8.42 Å². The van der Waals surface area contributed by atoms with Gasteiger partial charge in [-0.25, -0.2) is 13.1 Å². The van der Waals surface area contributed by atoms with Gasteiger partial charge >= 0.3 is 0 Å². The standard InChI is InChI=1S/C13H21BrN2O2S/c1-13(2,3)9-16-19(17,18)12-6-5-10(8-15-4)7-11(12)14/h5-7,15-16H,8-9H2,1-4H3. The van der Waals surface area contributed by atoms with E-state index in [9.17, 15) is 8.42 Å². The summed E-state index contributed by atoms with van der Waals surface area (Å²) in [4.78, 5) is 0.275. The van der Waals surface area contributed by atoms with E-state index in [0.717, 1.165) is 5.56 Å². The Bertz CT molecular complexity index is 536. The van der Waals surface area contributed by atoms with Crippen LogP contribution in [0, 0.1) is 5.41 Å². The molecular weight excluding hydrogens is 328 g/mol. The number of nitrogens with one attached hydrogen (secondary N) is 2. The van der Waals surface area contributed by atoms with Crippen LogP contribution in [0.5, 0.6) is 0 Å². The van der Waals surface area contributed by atoms with Crippen LogP contribution in [0.2, 0.25) is 0 Å². The van der Waals surface area contributed by atoms with Crippen molar-refractivity contribution in [1.29, 1.82) is 0 Å². The van der Waals surface area contributed by atoms with Crippen molar-refractivity contribution in [3.63, 3.8) is 0 Å². The predicted molar refractivity (Wildman–Crippen MR) is 81.5 cm³/mol. The molecule has 0 unspecified atom stereocenters. The molecular formula is C13H21BrN2O2S. The molecule has 0 aliphatic carbocycles. The van der Waals surface area contributed by atoms with Gasteiger partial charge in [0.15, 0.2) is 0 Å². The van der Waals surface area contributed by atoms with Crippen LogP contribution in [0.4, 0.5) is 0 Å². The lowest BCUT2D eigenvalue weighted by Gasteiger charge is -2.19. The summed E-state index contributed by atoms with van der Waals surface area (Å²) in [5.74, 6) is 0. The Balaban J connectivity index is 2.96. The van der Waals surface area contributed by atoms with Crippen LogP contribution < -0.4 is 10.0 Å². The second kappa shape index (κ2) is 6.35. The van der Waals surface area contributed by atoms with Crippen molar-refractivity contribution in [2.24, 2.45) is 5.41 Å². The Morgan fingerprint density at radius 1 is 1.26 bits per heavy atom. The molecule has 108 valence electrons. The smallest absolute Gasteiger partial charge is 0.241 e. The van der Waals surface area contributed by atoms with Gasteiger partial charge in [-0.1, -0.05) is 26.8 Å². The predicted octanol–water partition coefficient (Wildman–Crippen LogP) is 2.49. The normalized spacial score (nSPS) is 12.7. The summed E-state index contributed by atoms with van der Waals surface area (Å²) in [5, 5.41) is 3.03. The lowest BCUT2D eigenvalue weighted by Crippen LogP contribution is -2.32. The first-order chi connectivity index (χ1) is 8.65. The zero-order valence-corrected chi connectivity index (χ0v) is 14.2. The maximum absolute atomic E-state index is 12.2. The number of rotatable bonds is 5. The van der Waals surface area contributed by atoms with Gasteiger partial charge in [-0.15, -0.1) is 0 Å². The quantitative estimate of drug-likeness (QED) is 0.859. The van der Waals surface area contributed by atoms with Crippen LogP contribution in [0.15, 0.2) is 27.6 Å². The zero-order valence-electron chi connectivity index (χ0n) is 11.7. The third-order valence-electron chi connectivity index (χ3n) is 2.46. The largest absolute Gasteiger partial charge is 0.316 e. The molecule has 0 aliphatic heterocycles. The summed E-state index contributed by atoms with van der Waals surface area (Å²) >= 11 is 3.33. The van der Waals surface area contributed by atoms with Crippen LogP contribution in [0.3, 0.4) is 0 Å². The molecule has 1 aromatic carbocycles. The van der Waals surface area contributed by atoms with Gasteiger partial charge in [-0.3, -0.25) is 0 Å². The minimum absolute atomic E-state index is 0.0916. The molecule has 0 aromatic heterocycles. The fraction of sp³-hybridized carbons (Fsp3) is 0.538. The molecule has 19 heavy (non-hydrogen) atoms. The highest BCUT2D eigenvalue weighted by Crippen LogP contribution is 2.24. The van der Waals surface area contributed by atoms with Crippen molar-refractivity contribution in [2.75, 3.05) is 13.6 Å². The van der Waals surface area contributed by atoms with Crippen LogP contribution in [-0.4, -0.2) is 22.0 Å².